The lowest BCUT2D eigenvalue weighted by Crippen LogP contribution is -2.47. The maximum Gasteiger partial charge on any atom is 0.310 e. The van der Waals surface area contributed by atoms with Crippen LogP contribution in [0.1, 0.15) is 245 Å². The van der Waals surface area contributed by atoms with Crippen LogP contribution in [-0.2, 0) is 9.53 Å². The van der Waals surface area contributed by atoms with Gasteiger partial charge in [-0.3, -0.25) is 4.79 Å². The summed E-state index contributed by atoms with van der Waals surface area (Å²) in [6.45, 7) is 4.60. The molecule has 0 bridgehead atoms. The van der Waals surface area contributed by atoms with Gasteiger partial charge in [-0.1, -0.05) is 213 Å². The highest BCUT2D eigenvalue weighted by molar-refractivity contribution is 5.76. The second-order valence-corrected chi connectivity index (χ2v) is 14.3. The maximum absolute atomic E-state index is 11.6. The molecule has 0 aromatic rings. The Bertz CT molecular complexity index is 548. The number of carbonyl (C=O) groups is 1. The highest BCUT2D eigenvalue weighted by Gasteiger charge is 2.44. The van der Waals surface area contributed by atoms with Crippen LogP contribution < -0.4 is 0 Å². The standard InChI is InChI=1S/C40H78O2/c1-3-5-7-9-11-13-15-17-19-21-23-25-27-29-31-33-35-37-40(38-39(41)42-40)36-34-32-30-28-26-24-22-20-18-16-14-12-10-8-6-4-2/h3-38H2,1-2H3. The Labute approximate surface area is 265 Å². The van der Waals surface area contributed by atoms with Crippen LogP contribution in [0.5, 0.6) is 0 Å². The number of cyclic esters (lactones) is 1. The molecular weight excluding hydrogens is 512 g/mol. The number of esters is 1. The zero-order chi connectivity index (χ0) is 30.2. The van der Waals surface area contributed by atoms with Crippen molar-refractivity contribution >= 4 is 5.97 Å². The summed E-state index contributed by atoms with van der Waals surface area (Å²) in [6.07, 6.45) is 49.5. The van der Waals surface area contributed by atoms with Crippen molar-refractivity contribution in [3.8, 4) is 0 Å². The number of hydrogen-bond donors (Lipinski definition) is 0. The van der Waals surface area contributed by atoms with Gasteiger partial charge < -0.3 is 4.74 Å². The molecule has 0 aromatic heterocycles. The molecule has 1 aliphatic rings. The first-order valence-electron chi connectivity index (χ1n) is 19.9. The molecule has 0 aromatic carbocycles. The smallest absolute Gasteiger partial charge is 0.310 e. The predicted octanol–water partition coefficient (Wildman–Crippen LogP) is 14.4. The normalized spacial score (nSPS) is 16.6. The van der Waals surface area contributed by atoms with Crippen molar-refractivity contribution in [2.24, 2.45) is 0 Å². The summed E-state index contributed by atoms with van der Waals surface area (Å²) in [4.78, 5) is 11.6. The van der Waals surface area contributed by atoms with Gasteiger partial charge in [-0.2, -0.15) is 0 Å². The summed E-state index contributed by atoms with van der Waals surface area (Å²) in [7, 11) is 0. The first-order chi connectivity index (χ1) is 20.7. The van der Waals surface area contributed by atoms with Crippen molar-refractivity contribution in [1.29, 1.82) is 0 Å². The van der Waals surface area contributed by atoms with Crippen molar-refractivity contribution in [2.45, 2.75) is 251 Å². The van der Waals surface area contributed by atoms with Crippen LogP contribution in [0.2, 0.25) is 0 Å². The third kappa shape index (κ3) is 24.9. The molecule has 0 aliphatic carbocycles. The van der Waals surface area contributed by atoms with E-state index < -0.39 is 0 Å². The molecule has 2 nitrogen and oxygen atoms in total. The highest BCUT2D eigenvalue weighted by Crippen LogP contribution is 2.38. The van der Waals surface area contributed by atoms with Crippen molar-refractivity contribution in [2.75, 3.05) is 0 Å². The van der Waals surface area contributed by atoms with E-state index in [0.29, 0.717) is 6.42 Å². The highest BCUT2D eigenvalue weighted by atomic mass is 16.6. The van der Waals surface area contributed by atoms with E-state index in [1.165, 1.54) is 212 Å². The van der Waals surface area contributed by atoms with Gasteiger partial charge in [0, 0.05) is 0 Å². The van der Waals surface area contributed by atoms with Crippen molar-refractivity contribution in [3.05, 3.63) is 0 Å². The number of unbranched alkanes of at least 4 members (excludes halogenated alkanes) is 31. The number of hydrogen-bond acceptors (Lipinski definition) is 2. The van der Waals surface area contributed by atoms with Gasteiger partial charge in [0.1, 0.15) is 5.60 Å². The maximum atomic E-state index is 11.6. The molecule has 0 amide bonds. The number of carbonyl (C=O) groups excluding carboxylic acids is 1. The summed E-state index contributed by atoms with van der Waals surface area (Å²) in [5.74, 6) is 0.0402. The van der Waals surface area contributed by atoms with Gasteiger partial charge >= 0.3 is 5.97 Å². The largest absolute Gasteiger partial charge is 0.458 e. The molecule has 0 spiro atoms. The Morgan fingerprint density at radius 2 is 0.571 bits per heavy atom. The molecule has 1 unspecified atom stereocenters. The quantitative estimate of drug-likeness (QED) is 0.0542. The Balaban J connectivity index is 1.84. The molecule has 0 radical (unpaired) electrons. The van der Waals surface area contributed by atoms with E-state index in [2.05, 4.69) is 13.8 Å². The lowest BCUT2D eigenvalue weighted by Gasteiger charge is -2.41. The first-order valence-corrected chi connectivity index (χ1v) is 19.9. The van der Waals surface area contributed by atoms with E-state index in [-0.39, 0.29) is 11.6 Å². The number of ether oxygens (including phenoxy) is 1. The second kappa shape index (κ2) is 30.5. The van der Waals surface area contributed by atoms with Gasteiger partial charge in [0.2, 0.25) is 0 Å². The molecule has 1 heterocycles. The molecule has 2 heteroatoms. The molecule has 1 aliphatic heterocycles. The van der Waals surface area contributed by atoms with E-state index >= 15 is 0 Å². The molecule has 1 fully saturated rings. The predicted molar refractivity (Wildman–Crippen MR) is 186 cm³/mol. The Hall–Kier alpha value is -0.530. The van der Waals surface area contributed by atoms with Gasteiger partial charge in [0.15, 0.2) is 0 Å². The third-order valence-corrected chi connectivity index (χ3v) is 10.0. The van der Waals surface area contributed by atoms with Crippen molar-refractivity contribution < 1.29 is 9.53 Å². The van der Waals surface area contributed by atoms with Gasteiger partial charge in [0.25, 0.3) is 0 Å². The number of rotatable bonds is 35. The molecule has 1 rings (SSSR count). The average Bonchev–Trinajstić information content (AvgIpc) is 2.97. The van der Waals surface area contributed by atoms with Crippen LogP contribution in [0.3, 0.4) is 0 Å². The zero-order valence-corrected chi connectivity index (χ0v) is 29.3. The van der Waals surface area contributed by atoms with Crippen LogP contribution in [0.25, 0.3) is 0 Å². The fourth-order valence-electron chi connectivity index (χ4n) is 7.07. The average molecular weight is 591 g/mol. The van der Waals surface area contributed by atoms with E-state index in [1.807, 2.05) is 0 Å². The SMILES string of the molecule is CCCCCCCCCCCCCCCCCCCC1(CCCCCCCCCCCCCCCCCC)CC(=O)O1. The van der Waals surface area contributed by atoms with Crippen LogP contribution in [0, 0.1) is 0 Å². The molecule has 1 saturated heterocycles. The molecule has 1 atom stereocenters. The monoisotopic (exact) mass is 591 g/mol. The zero-order valence-electron chi connectivity index (χ0n) is 29.3. The Kier molecular flexibility index (Phi) is 28.7. The lowest BCUT2D eigenvalue weighted by atomic mass is 9.83. The van der Waals surface area contributed by atoms with Crippen LogP contribution >= 0.6 is 0 Å². The van der Waals surface area contributed by atoms with Crippen LogP contribution in [0.15, 0.2) is 0 Å². The van der Waals surface area contributed by atoms with Gasteiger partial charge in [0.05, 0.1) is 6.42 Å². The molecule has 0 saturated carbocycles. The minimum atomic E-state index is -0.0808. The first kappa shape index (κ1) is 39.5. The molecular formula is C40H78O2. The van der Waals surface area contributed by atoms with E-state index in [1.54, 1.807) is 0 Å². The van der Waals surface area contributed by atoms with E-state index in [4.69, 9.17) is 4.74 Å². The van der Waals surface area contributed by atoms with Gasteiger partial charge in [-0.15, -0.1) is 0 Å². The van der Waals surface area contributed by atoms with Gasteiger partial charge in [-0.05, 0) is 25.7 Å². The van der Waals surface area contributed by atoms with Crippen LogP contribution in [0.4, 0.5) is 0 Å². The molecule has 42 heavy (non-hydrogen) atoms. The van der Waals surface area contributed by atoms with E-state index in [0.717, 1.165) is 12.8 Å². The van der Waals surface area contributed by atoms with Crippen molar-refractivity contribution in [1.82, 2.24) is 0 Å². The lowest BCUT2D eigenvalue weighted by molar-refractivity contribution is -0.194. The van der Waals surface area contributed by atoms with Gasteiger partial charge in [-0.25, -0.2) is 0 Å². The Morgan fingerprint density at radius 3 is 0.762 bits per heavy atom. The topological polar surface area (TPSA) is 26.3 Å². The minimum absolute atomic E-state index is 0.0402. The fourth-order valence-corrected chi connectivity index (χ4v) is 7.07. The molecule has 250 valence electrons. The summed E-state index contributed by atoms with van der Waals surface area (Å²) < 4.78 is 5.74. The van der Waals surface area contributed by atoms with Crippen LogP contribution in [-0.4, -0.2) is 11.6 Å². The van der Waals surface area contributed by atoms with Crippen molar-refractivity contribution in [3.63, 3.8) is 0 Å². The Morgan fingerprint density at radius 1 is 0.381 bits per heavy atom. The molecule has 0 N–H and O–H groups in total. The fraction of sp³-hybridized carbons (Fsp3) is 0.975. The summed E-state index contributed by atoms with van der Waals surface area (Å²) >= 11 is 0. The third-order valence-electron chi connectivity index (χ3n) is 10.0. The summed E-state index contributed by atoms with van der Waals surface area (Å²) in [5, 5.41) is 0. The summed E-state index contributed by atoms with van der Waals surface area (Å²) in [5.41, 5.74) is -0.0808. The minimum Gasteiger partial charge on any atom is -0.458 e. The summed E-state index contributed by atoms with van der Waals surface area (Å²) in [6, 6.07) is 0. The second-order valence-electron chi connectivity index (χ2n) is 14.3. The van der Waals surface area contributed by atoms with E-state index in [9.17, 15) is 4.79 Å².